The van der Waals surface area contributed by atoms with Crippen LogP contribution < -0.4 is 48.0 Å². The SMILES string of the molecule is C[N+]1(CCC(=O)N2CCN(C(=O)C[N+]3(C)CCCCC3)CC2)CCCCC1.[I-].[I-]. The number of likely N-dealkylation sites (N-methyl/N-ethyl adjacent to an activating group) is 1. The summed E-state index contributed by atoms with van der Waals surface area (Å²) in [5.41, 5.74) is 0. The lowest BCUT2D eigenvalue weighted by atomic mass is 10.1. The van der Waals surface area contributed by atoms with Gasteiger partial charge in [0.15, 0.2) is 6.54 Å². The van der Waals surface area contributed by atoms with Gasteiger partial charge < -0.3 is 66.7 Å². The standard InChI is InChI=1S/C21H40N4O2.2HI/c1-24(14-5-3-6-15-24)18-9-20(26)22-10-12-23(13-11-22)21(27)19-25(2)16-7-4-8-17-25;;/h3-19H2,1-2H3;2*1H/q+2;;/p-2. The summed E-state index contributed by atoms with van der Waals surface area (Å²) in [7, 11) is 4.52. The quantitative estimate of drug-likeness (QED) is 0.226. The number of halogens is 2. The summed E-state index contributed by atoms with van der Waals surface area (Å²) in [4.78, 5) is 29.3. The van der Waals surface area contributed by atoms with Crippen molar-refractivity contribution in [2.75, 3.05) is 79.5 Å². The molecule has 8 heteroatoms. The van der Waals surface area contributed by atoms with Gasteiger partial charge in [-0.15, -0.1) is 0 Å². The highest BCUT2D eigenvalue weighted by molar-refractivity contribution is 5.79. The molecule has 0 aliphatic carbocycles. The van der Waals surface area contributed by atoms with Crippen LogP contribution >= 0.6 is 0 Å². The first-order valence-electron chi connectivity index (χ1n) is 11.1. The summed E-state index contributed by atoms with van der Waals surface area (Å²) < 4.78 is 1.95. The normalized spacial score (nSPS) is 23.5. The van der Waals surface area contributed by atoms with E-state index < -0.39 is 0 Å². The number of piperidine rings is 2. The number of rotatable bonds is 5. The Morgan fingerprint density at radius 3 is 1.55 bits per heavy atom. The van der Waals surface area contributed by atoms with Crippen LogP contribution in [0.2, 0.25) is 0 Å². The Bertz CT molecular complexity index is 527. The Morgan fingerprint density at radius 1 is 0.655 bits per heavy atom. The molecular formula is C21H40I2N4O2. The Kier molecular flexibility index (Phi) is 11.7. The van der Waals surface area contributed by atoms with Crippen LogP contribution in [-0.4, -0.2) is 110 Å². The maximum Gasteiger partial charge on any atom is 0.277 e. The first-order chi connectivity index (χ1) is 12.9. The summed E-state index contributed by atoms with van der Waals surface area (Å²) in [5.74, 6) is 0.555. The zero-order valence-corrected chi connectivity index (χ0v) is 22.7. The molecule has 3 aliphatic rings. The van der Waals surface area contributed by atoms with Crippen molar-refractivity contribution in [3.8, 4) is 0 Å². The lowest BCUT2D eigenvalue weighted by Gasteiger charge is -2.41. The van der Waals surface area contributed by atoms with Gasteiger partial charge in [0, 0.05) is 26.2 Å². The number of hydrogen-bond donors (Lipinski definition) is 0. The lowest BCUT2D eigenvalue weighted by molar-refractivity contribution is -0.913. The van der Waals surface area contributed by atoms with Gasteiger partial charge in [-0.05, 0) is 38.5 Å². The van der Waals surface area contributed by atoms with Gasteiger partial charge in [-0.2, -0.15) is 0 Å². The molecule has 3 saturated heterocycles. The molecule has 0 aromatic heterocycles. The fraction of sp³-hybridized carbons (Fsp3) is 0.905. The van der Waals surface area contributed by atoms with Crippen molar-refractivity contribution in [3.05, 3.63) is 0 Å². The predicted octanol–water partition coefficient (Wildman–Crippen LogP) is -4.68. The summed E-state index contributed by atoms with van der Waals surface area (Å²) >= 11 is 0. The molecule has 3 aliphatic heterocycles. The Labute approximate surface area is 211 Å². The van der Waals surface area contributed by atoms with Gasteiger partial charge in [-0.3, -0.25) is 9.59 Å². The molecule has 3 fully saturated rings. The number of nitrogens with zero attached hydrogens (tertiary/aromatic N) is 4. The first kappa shape index (κ1) is 27.4. The van der Waals surface area contributed by atoms with Crippen LogP contribution in [0.1, 0.15) is 44.9 Å². The molecule has 3 rings (SSSR count). The van der Waals surface area contributed by atoms with Crippen LogP contribution in [0.3, 0.4) is 0 Å². The van der Waals surface area contributed by atoms with E-state index in [1.54, 1.807) is 0 Å². The third kappa shape index (κ3) is 8.07. The topological polar surface area (TPSA) is 40.6 Å². The number of hydrogen-bond acceptors (Lipinski definition) is 2. The van der Waals surface area contributed by atoms with Crippen LogP contribution in [0, 0.1) is 0 Å². The molecule has 3 heterocycles. The molecular weight excluding hydrogens is 594 g/mol. The van der Waals surface area contributed by atoms with E-state index in [1.807, 2.05) is 9.80 Å². The summed E-state index contributed by atoms with van der Waals surface area (Å²) in [6.45, 7) is 9.10. The van der Waals surface area contributed by atoms with Gasteiger partial charge in [-0.1, -0.05) is 0 Å². The lowest BCUT2D eigenvalue weighted by Crippen LogP contribution is -3.00. The summed E-state index contributed by atoms with van der Waals surface area (Å²) in [5, 5.41) is 0. The third-order valence-corrected chi connectivity index (χ3v) is 7.16. The van der Waals surface area contributed by atoms with E-state index in [1.165, 1.54) is 51.6 Å². The Balaban J connectivity index is 0.00000210. The molecule has 0 spiro atoms. The molecule has 0 aromatic carbocycles. The number of carbonyl (C=O) groups is 2. The highest BCUT2D eigenvalue weighted by atomic mass is 127. The van der Waals surface area contributed by atoms with Crippen LogP contribution in [0.4, 0.5) is 0 Å². The van der Waals surface area contributed by atoms with Gasteiger partial charge in [-0.25, -0.2) is 0 Å². The monoisotopic (exact) mass is 634 g/mol. The summed E-state index contributed by atoms with van der Waals surface area (Å²) in [6, 6.07) is 0. The predicted molar refractivity (Wildman–Crippen MR) is 107 cm³/mol. The molecule has 0 atom stereocenters. The average Bonchev–Trinajstić information content (AvgIpc) is 2.67. The van der Waals surface area contributed by atoms with Crippen molar-refractivity contribution in [3.63, 3.8) is 0 Å². The maximum atomic E-state index is 12.7. The molecule has 6 nitrogen and oxygen atoms in total. The van der Waals surface area contributed by atoms with Crippen molar-refractivity contribution in [2.24, 2.45) is 0 Å². The molecule has 29 heavy (non-hydrogen) atoms. The zero-order chi connectivity index (χ0) is 19.3. The highest BCUT2D eigenvalue weighted by Crippen LogP contribution is 2.18. The average molecular weight is 634 g/mol. The fourth-order valence-electron chi connectivity index (χ4n) is 5.09. The maximum absolute atomic E-state index is 12.7. The van der Waals surface area contributed by atoms with Gasteiger partial charge in [0.25, 0.3) is 5.91 Å². The minimum Gasteiger partial charge on any atom is -1.00 e. The summed E-state index contributed by atoms with van der Waals surface area (Å²) in [6.07, 6.45) is 8.37. The number of quaternary nitrogens is 2. The largest absolute Gasteiger partial charge is 1.00 e. The third-order valence-electron chi connectivity index (χ3n) is 7.16. The molecule has 0 bridgehead atoms. The van der Waals surface area contributed by atoms with E-state index in [0.717, 1.165) is 28.6 Å². The second kappa shape index (κ2) is 12.4. The molecule has 170 valence electrons. The number of amides is 2. The van der Waals surface area contributed by atoms with Crippen molar-refractivity contribution in [1.29, 1.82) is 0 Å². The van der Waals surface area contributed by atoms with E-state index in [0.29, 0.717) is 39.1 Å². The van der Waals surface area contributed by atoms with Gasteiger partial charge in [0.05, 0.1) is 53.2 Å². The van der Waals surface area contributed by atoms with Crippen LogP contribution in [0.5, 0.6) is 0 Å². The van der Waals surface area contributed by atoms with E-state index in [9.17, 15) is 9.59 Å². The number of carbonyl (C=O) groups excluding carboxylic acids is 2. The first-order valence-corrected chi connectivity index (χ1v) is 11.1. The molecule has 0 N–H and O–H groups in total. The van der Waals surface area contributed by atoms with E-state index >= 15 is 0 Å². The second-order valence-corrected chi connectivity index (χ2v) is 9.65. The number of likely N-dealkylation sites (tertiary alicyclic amines) is 2. The van der Waals surface area contributed by atoms with Crippen molar-refractivity contribution < 1.29 is 66.5 Å². The van der Waals surface area contributed by atoms with Crippen molar-refractivity contribution in [2.45, 2.75) is 44.9 Å². The Morgan fingerprint density at radius 2 is 1.07 bits per heavy atom. The van der Waals surface area contributed by atoms with Crippen molar-refractivity contribution >= 4 is 11.8 Å². The van der Waals surface area contributed by atoms with Gasteiger partial charge >= 0.3 is 0 Å². The molecule has 0 aromatic rings. The van der Waals surface area contributed by atoms with E-state index in [4.69, 9.17) is 0 Å². The fourth-order valence-corrected chi connectivity index (χ4v) is 5.09. The van der Waals surface area contributed by atoms with Crippen LogP contribution in [-0.2, 0) is 9.59 Å². The van der Waals surface area contributed by atoms with Crippen LogP contribution in [0.15, 0.2) is 0 Å². The minimum atomic E-state index is 0. The van der Waals surface area contributed by atoms with E-state index in [-0.39, 0.29) is 59.8 Å². The highest BCUT2D eigenvalue weighted by Gasteiger charge is 2.32. The Hall–Kier alpha value is 0.320. The van der Waals surface area contributed by atoms with Gasteiger partial charge in [0.2, 0.25) is 5.91 Å². The second-order valence-electron chi connectivity index (χ2n) is 9.65. The van der Waals surface area contributed by atoms with Crippen LogP contribution in [0.25, 0.3) is 0 Å². The van der Waals surface area contributed by atoms with Crippen molar-refractivity contribution in [1.82, 2.24) is 9.80 Å². The zero-order valence-electron chi connectivity index (χ0n) is 18.4. The molecule has 0 unspecified atom stereocenters. The molecule has 0 saturated carbocycles. The van der Waals surface area contributed by atoms with E-state index in [2.05, 4.69) is 14.1 Å². The van der Waals surface area contributed by atoms with Gasteiger partial charge in [0.1, 0.15) is 0 Å². The minimum absolute atomic E-state index is 0. The molecule has 2 amide bonds. The smallest absolute Gasteiger partial charge is 0.277 e. The molecule has 0 radical (unpaired) electrons. The number of piperazine rings is 1.